The molecule has 0 radical (unpaired) electrons. The summed E-state index contributed by atoms with van der Waals surface area (Å²) in [7, 11) is 0. The molecule has 2 aliphatic heterocycles. The second-order valence-corrected chi connectivity index (χ2v) is 7.46. The van der Waals surface area contributed by atoms with Crippen LogP contribution >= 0.6 is 22.6 Å². The van der Waals surface area contributed by atoms with Crippen LogP contribution < -0.4 is 10.6 Å². The number of carbonyl (C=O) groups excluding carboxylic acids is 1. The smallest absolute Gasteiger partial charge is 0.245 e. The van der Waals surface area contributed by atoms with Gasteiger partial charge >= 0.3 is 0 Å². The zero-order valence-electron chi connectivity index (χ0n) is 11.3. The van der Waals surface area contributed by atoms with E-state index in [4.69, 9.17) is 0 Å². The van der Waals surface area contributed by atoms with Gasteiger partial charge in [0, 0.05) is 22.1 Å². The van der Waals surface area contributed by atoms with Gasteiger partial charge in [-0.3, -0.25) is 10.1 Å². The molecule has 3 aliphatic rings. The van der Waals surface area contributed by atoms with Gasteiger partial charge < -0.3 is 5.32 Å². The fourth-order valence-electron chi connectivity index (χ4n) is 4.06. The quantitative estimate of drug-likeness (QED) is 0.693. The van der Waals surface area contributed by atoms with Crippen molar-refractivity contribution in [1.29, 1.82) is 0 Å². The molecule has 3 nitrogen and oxygen atoms in total. The average molecular weight is 374 g/mol. The zero-order valence-corrected chi connectivity index (χ0v) is 13.5. The van der Waals surface area contributed by atoms with Crippen LogP contribution in [0, 0.1) is 17.8 Å². The number of hydrogen-bond donors (Lipinski definition) is 2. The van der Waals surface area contributed by atoms with Crippen LogP contribution in [-0.2, 0) is 4.79 Å². The summed E-state index contributed by atoms with van der Waals surface area (Å²) in [5.74, 6) is 2.14. The Morgan fingerprint density at radius 2 is 1.79 bits per heavy atom. The third kappa shape index (κ3) is 2.99. The number of hydrogen-bond acceptors (Lipinski definition) is 2. The minimum Gasteiger partial charge on any atom is -0.337 e. The second kappa shape index (κ2) is 6.12. The first-order chi connectivity index (χ1) is 9.25. The largest absolute Gasteiger partial charge is 0.337 e. The summed E-state index contributed by atoms with van der Waals surface area (Å²) in [4.78, 5) is 11.6. The Kier molecular flexibility index (Phi) is 4.47. The molecule has 2 fully saturated rings. The average Bonchev–Trinajstić information content (AvgIpc) is 2.72. The van der Waals surface area contributed by atoms with Crippen molar-refractivity contribution in [3.8, 4) is 0 Å². The molecule has 2 heterocycles. The molecular formula is C15H23IN2O. The lowest BCUT2D eigenvalue weighted by molar-refractivity contribution is -0.118. The Balaban J connectivity index is 1.73. The Hall–Kier alpha value is -0.100. The molecule has 3 atom stereocenters. The molecule has 106 valence electrons. The molecule has 1 saturated carbocycles. The fourth-order valence-corrected chi connectivity index (χ4v) is 5.17. The van der Waals surface area contributed by atoms with Crippen molar-refractivity contribution < 1.29 is 4.79 Å². The van der Waals surface area contributed by atoms with E-state index < -0.39 is 0 Å². The predicted octanol–water partition coefficient (Wildman–Crippen LogP) is 2.96. The first-order valence-corrected chi connectivity index (χ1v) is 8.74. The monoisotopic (exact) mass is 374 g/mol. The van der Waals surface area contributed by atoms with Crippen molar-refractivity contribution >= 4 is 28.5 Å². The van der Waals surface area contributed by atoms with E-state index in [1.807, 2.05) is 0 Å². The maximum Gasteiger partial charge on any atom is 0.245 e. The van der Waals surface area contributed by atoms with Gasteiger partial charge in [0.15, 0.2) is 0 Å². The topological polar surface area (TPSA) is 41.1 Å². The van der Waals surface area contributed by atoms with Crippen molar-refractivity contribution in [2.24, 2.45) is 17.8 Å². The summed E-state index contributed by atoms with van der Waals surface area (Å²) in [5.41, 5.74) is 0. The summed E-state index contributed by atoms with van der Waals surface area (Å²) in [6, 6.07) is 0. The van der Waals surface area contributed by atoms with E-state index in [1.54, 1.807) is 6.08 Å². The van der Waals surface area contributed by atoms with Crippen molar-refractivity contribution in [2.45, 2.75) is 51.1 Å². The number of halogens is 1. The lowest BCUT2D eigenvalue weighted by Gasteiger charge is -2.33. The van der Waals surface area contributed by atoms with E-state index in [0.717, 1.165) is 12.5 Å². The number of fused-ring (bicyclic) bond motifs is 1. The van der Waals surface area contributed by atoms with Gasteiger partial charge in [-0.25, -0.2) is 0 Å². The molecule has 1 saturated heterocycles. The highest BCUT2D eigenvalue weighted by Gasteiger charge is 2.43. The van der Waals surface area contributed by atoms with Crippen LogP contribution in [0.4, 0.5) is 0 Å². The molecule has 3 unspecified atom stereocenters. The van der Waals surface area contributed by atoms with Gasteiger partial charge in [0.25, 0.3) is 0 Å². The fraction of sp³-hybridized carbons (Fsp3) is 0.800. The standard InChI is InChI=1S/C15H23IN2O/c16-12-8-13(19)18-15-14(12)11(9-17-15)10-6-4-2-1-3-5-7-10/h8,10-11,14-15,17H,1-7,9H2,(H,18,19). The van der Waals surface area contributed by atoms with Crippen molar-refractivity contribution in [3.63, 3.8) is 0 Å². The Labute approximate surface area is 129 Å². The van der Waals surface area contributed by atoms with Gasteiger partial charge in [0.2, 0.25) is 5.91 Å². The van der Waals surface area contributed by atoms with Gasteiger partial charge in [-0.05, 0) is 34.4 Å². The van der Waals surface area contributed by atoms with E-state index in [0.29, 0.717) is 11.8 Å². The van der Waals surface area contributed by atoms with Crippen LogP contribution in [0.25, 0.3) is 0 Å². The third-order valence-electron chi connectivity index (χ3n) is 5.03. The minimum absolute atomic E-state index is 0.0662. The van der Waals surface area contributed by atoms with E-state index in [1.165, 1.54) is 48.5 Å². The number of rotatable bonds is 1. The van der Waals surface area contributed by atoms with E-state index in [-0.39, 0.29) is 12.1 Å². The molecule has 0 spiro atoms. The molecule has 1 aliphatic carbocycles. The molecule has 19 heavy (non-hydrogen) atoms. The van der Waals surface area contributed by atoms with Gasteiger partial charge in [0.05, 0.1) is 6.17 Å². The molecule has 1 amide bonds. The molecule has 0 bridgehead atoms. The number of nitrogens with one attached hydrogen (secondary N) is 2. The lowest BCUT2D eigenvalue weighted by Crippen LogP contribution is -2.47. The first kappa shape index (κ1) is 13.9. The van der Waals surface area contributed by atoms with Crippen LogP contribution in [0.3, 0.4) is 0 Å². The van der Waals surface area contributed by atoms with Crippen molar-refractivity contribution in [3.05, 3.63) is 9.66 Å². The molecule has 3 rings (SSSR count). The van der Waals surface area contributed by atoms with E-state index in [9.17, 15) is 4.79 Å². The summed E-state index contributed by atoms with van der Waals surface area (Å²) in [6.45, 7) is 1.07. The molecular weight excluding hydrogens is 351 g/mol. The Morgan fingerprint density at radius 3 is 2.53 bits per heavy atom. The highest BCUT2D eigenvalue weighted by atomic mass is 127. The Bertz CT molecular complexity index is 374. The first-order valence-electron chi connectivity index (χ1n) is 7.66. The van der Waals surface area contributed by atoms with E-state index in [2.05, 4.69) is 33.2 Å². The van der Waals surface area contributed by atoms with Crippen LogP contribution in [0.5, 0.6) is 0 Å². The summed E-state index contributed by atoms with van der Waals surface area (Å²) in [5, 5.41) is 6.60. The zero-order chi connectivity index (χ0) is 13.2. The maximum atomic E-state index is 11.6. The van der Waals surface area contributed by atoms with Crippen molar-refractivity contribution in [2.75, 3.05) is 6.54 Å². The third-order valence-corrected chi connectivity index (χ3v) is 6.06. The highest BCUT2D eigenvalue weighted by Crippen LogP contribution is 2.42. The number of carbonyl (C=O) groups is 1. The summed E-state index contributed by atoms with van der Waals surface area (Å²) in [6.07, 6.45) is 11.8. The van der Waals surface area contributed by atoms with Gasteiger partial charge in [-0.15, -0.1) is 0 Å². The SMILES string of the molecule is O=C1C=C(I)C2C(NCC2C2CCCCCCC2)N1. The van der Waals surface area contributed by atoms with Crippen LogP contribution in [0.1, 0.15) is 44.9 Å². The van der Waals surface area contributed by atoms with Gasteiger partial charge in [0.1, 0.15) is 0 Å². The molecule has 4 heteroatoms. The molecule has 2 N–H and O–H groups in total. The normalized spacial score (nSPS) is 37.0. The van der Waals surface area contributed by atoms with Crippen LogP contribution in [0.15, 0.2) is 9.66 Å². The number of amides is 1. The van der Waals surface area contributed by atoms with Gasteiger partial charge in [-0.2, -0.15) is 0 Å². The van der Waals surface area contributed by atoms with E-state index >= 15 is 0 Å². The predicted molar refractivity (Wildman–Crippen MR) is 84.8 cm³/mol. The molecule has 0 aromatic carbocycles. The molecule has 0 aromatic rings. The van der Waals surface area contributed by atoms with Crippen LogP contribution in [-0.4, -0.2) is 18.6 Å². The van der Waals surface area contributed by atoms with Crippen molar-refractivity contribution in [1.82, 2.24) is 10.6 Å². The van der Waals surface area contributed by atoms with Gasteiger partial charge in [-0.1, -0.05) is 44.9 Å². The second-order valence-electron chi connectivity index (χ2n) is 6.22. The van der Waals surface area contributed by atoms with Crippen LogP contribution in [0.2, 0.25) is 0 Å². The maximum absolute atomic E-state index is 11.6. The Morgan fingerprint density at radius 1 is 1.11 bits per heavy atom. The minimum atomic E-state index is 0.0662. The summed E-state index contributed by atoms with van der Waals surface area (Å²) >= 11 is 2.38. The lowest BCUT2D eigenvalue weighted by atomic mass is 9.76. The highest BCUT2D eigenvalue weighted by molar-refractivity contribution is 14.1. The molecule has 0 aromatic heterocycles. The summed E-state index contributed by atoms with van der Waals surface area (Å²) < 4.78 is 1.25.